The van der Waals surface area contributed by atoms with Crippen LogP contribution in [0.4, 0.5) is 0 Å². The molecule has 0 aromatic heterocycles. The van der Waals surface area contributed by atoms with Gasteiger partial charge in [-0.15, -0.1) is 0 Å². The molecule has 152 valence electrons. The molecule has 0 unspecified atom stereocenters. The number of hydrogen-bond donors (Lipinski definition) is 0. The van der Waals surface area contributed by atoms with E-state index in [0.29, 0.717) is 0 Å². The van der Waals surface area contributed by atoms with Crippen molar-refractivity contribution < 1.29 is 4.43 Å². The van der Waals surface area contributed by atoms with Gasteiger partial charge >= 0.3 is 0 Å². The molecule has 0 atom stereocenters. The second kappa shape index (κ2) is 9.79. The maximum atomic E-state index is 5.70. The largest absolute Gasteiger partial charge is 0.423 e. The topological polar surface area (TPSA) is 15.7 Å². The van der Waals surface area contributed by atoms with Gasteiger partial charge in [0, 0.05) is 12.1 Å². The highest BCUT2D eigenvalue weighted by atomic mass is 28.4. The summed E-state index contributed by atoms with van der Waals surface area (Å²) in [5, 5.41) is 0. The van der Waals surface area contributed by atoms with E-state index in [1.165, 1.54) is 38.9 Å². The van der Waals surface area contributed by atoms with Gasteiger partial charge in [0.15, 0.2) is 0 Å². The molecule has 0 aromatic carbocycles. The lowest BCUT2D eigenvalue weighted by Crippen LogP contribution is -2.62. The summed E-state index contributed by atoms with van der Waals surface area (Å²) in [6.45, 7) is 30.8. The van der Waals surface area contributed by atoms with Crippen molar-refractivity contribution in [3.8, 4) is 0 Å². The fourth-order valence-electron chi connectivity index (χ4n) is 3.64. The van der Waals surface area contributed by atoms with Gasteiger partial charge in [0.1, 0.15) is 35.2 Å². The quantitative estimate of drug-likeness (QED) is 0.345. The van der Waals surface area contributed by atoms with Crippen molar-refractivity contribution >= 4 is 35.2 Å². The van der Waals surface area contributed by atoms with Gasteiger partial charge in [-0.05, 0) is 46.2 Å². The Morgan fingerprint density at radius 2 is 1.20 bits per heavy atom. The smallest absolute Gasteiger partial charge is 0.146 e. The maximum Gasteiger partial charge on any atom is 0.146 e. The molecule has 0 saturated carbocycles. The molecule has 0 heterocycles. The van der Waals surface area contributed by atoms with Gasteiger partial charge in [-0.3, -0.25) is 0 Å². The first-order chi connectivity index (χ1) is 11.0. The van der Waals surface area contributed by atoms with Crippen molar-refractivity contribution in [3.05, 3.63) is 0 Å². The molecular formula is C18H48N2OSi4. The standard InChI is InChI=1S/C18H48N2OSi4/c1-18(2,21-22)14-12-13-15-19(23(3,4)5)16-17-20(24(6,7)8)25(9,10)11/h12-17H2,1-11,22H3. The highest BCUT2D eigenvalue weighted by molar-refractivity contribution is 6.89. The van der Waals surface area contributed by atoms with E-state index >= 15 is 0 Å². The van der Waals surface area contributed by atoms with Gasteiger partial charge in [-0.2, -0.15) is 0 Å². The Labute approximate surface area is 165 Å². The van der Waals surface area contributed by atoms with E-state index in [0.717, 1.165) is 10.5 Å². The van der Waals surface area contributed by atoms with E-state index < -0.39 is 24.7 Å². The third kappa shape index (κ3) is 10.6. The van der Waals surface area contributed by atoms with E-state index in [4.69, 9.17) is 4.43 Å². The van der Waals surface area contributed by atoms with Crippen molar-refractivity contribution in [1.29, 1.82) is 0 Å². The van der Waals surface area contributed by atoms with E-state index in [9.17, 15) is 0 Å². The van der Waals surface area contributed by atoms with Gasteiger partial charge in [-0.25, -0.2) is 0 Å². The summed E-state index contributed by atoms with van der Waals surface area (Å²) in [5.41, 5.74) is 0.0860. The SMILES string of the molecule is CC(C)(CCCCN(CCN([Si](C)(C)C)[Si](C)(C)C)[Si](C)(C)C)O[SiH3]. The number of unbranched alkanes of at least 4 members (excludes halogenated alkanes) is 1. The zero-order chi connectivity index (χ0) is 20.1. The van der Waals surface area contributed by atoms with Crippen LogP contribution >= 0.6 is 0 Å². The van der Waals surface area contributed by atoms with E-state index in [1.807, 2.05) is 0 Å². The molecule has 0 fully saturated rings. The zero-order valence-electron chi connectivity index (χ0n) is 19.5. The van der Waals surface area contributed by atoms with Crippen LogP contribution in [-0.4, -0.2) is 69.2 Å². The summed E-state index contributed by atoms with van der Waals surface area (Å²) in [4.78, 5) is 0. The van der Waals surface area contributed by atoms with E-state index in [2.05, 4.69) is 81.6 Å². The molecule has 0 bridgehead atoms. The van der Waals surface area contributed by atoms with Crippen LogP contribution in [0, 0.1) is 0 Å². The Morgan fingerprint density at radius 1 is 0.720 bits per heavy atom. The molecule has 7 heteroatoms. The molecule has 0 saturated heterocycles. The minimum Gasteiger partial charge on any atom is -0.423 e. The second-order valence-corrected chi connectivity index (χ2v) is 26.7. The second-order valence-electron chi connectivity index (χ2n) is 11.1. The highest BCUT2D eigenvalue weighted by Gasteiger charge is 2.35. The first kappa shape index (κ1) is 25.7. The Balaban J connectivity index is 4.75. The van der Waals surface area contributed by atoms with Gasteiger partial charge < -0.3 is 13.2 Å². The molecule has 0 aromatic rings. The normalized spacial score (nSPS) is 14.8. The average Bonchev–Trinajstić information content (AvgIpc) is 2.37. The van der Waals surface area contributed by atoms with Crippen LogP contribution in [0.25, 0.3) is 0 Å². The van der Waals surface area contributed by atoms with Crippen molar-refractivity contribution in [1.82, 2.24) is 8.80 Å². The summed E-state index contributed by atoms with van der Waals surface area (Å²) < 4.78 is 11.5. The molecule has 25 heavy (non-hydrogen) atoms. The molecule has 0 amide bonds. The summed E-state index contributed by atoms with van der Waals surface area (Å²) in [6, 6.07) is 0. The first-order valence-electron chi connectivity index (χ1n) is 10.1. The predicted molar refractivity (Wildman–Crippen MR) is 127 cm³/mol. The summed E-state index contributed by atoms with van der Waals surface area (Å²) in [5.74, 6) is 0. The lowest BCUT2D eigenvalue weighted by atomic mass is 10.0. The lowest BCUT2D eigenvalue weighted by Gasteiger charge is -2.46. The number of hydrogen-bond acceptors (Lipinski definition) is 3. The summed E-state index contributed by atoms with van der Waals surface area (Å²) in [6.07, 6.45) is 3.77. The van der Waals surface area contributed by atoms with Crippen LogP contribution in [0.3, 0.4) is 0 Å². The molecule has 0 aliphatic carbocycles. The fourth-order valence-corrected chi connectivity index (χ4v) is 15.0. The Hall–Kier alpha value is 0.748. The number of rotatable bonds is 12. The van der Waals surface area contributed by atoms with Gasteiger partial charge in [0.05, 0.1) is 0 Å². The number of nitrogens with zero attached hydrogens (tertiary/aromatic N) is 2. The Bertz CT molecular complexity index is 370. The minimum absolute atomic E-state index is 0.0860. The molecule has 0 aliphatic heterocycles. The Morgan fingerprint density at radius 3 is 1.56 bits per heavy atom. The summed E-state index contributed by atoms with van der Waals surface area (Å²) >= 11 is 0. The predicted octanol–water partition coefficient (Wildman–Crippen LogP) is 4.34. The van der Waals surface area contributed by atoms with Crippen LogP contribution < -0.4 is 0 Å². The zero-order valence-corrected chi connectivity index (χ0v) is 24.5. The van der Waals surface area contributed by atoms with Crippen LogP contribution in [0.15, 0.2) is 0 Å². The van der Waals surface area contributed by atoms with Crippen LogP contribution in [-0.2, 0) is 4.43 Å². The van der Waals surface area contributed by atoms with E-state index in [1.54, 1.807) is 0 Å². The molecule has 0 N–H and O–H groups in total. The third-order valence-corrected chi connectivity index (χ3v) is 16.3. The van der Waals surface area contributed by atoms with E-state index in [-0.39, 0.29) is 5.60 Å². The van der Waals surface area contributed by atoms with Crippen LogP contribution in [0.2, 0.25) is 58.9 Å². The molecule has 0 aliphatic rings. The Kier molecular flexibility index (Phi) is 10.1. The van der Waals surface area contributed by atoms with Crippen molar-refractivity contribution in [2.24, 2.45) is 0 Å². The monoisotopic (exact) mass is 420 g/mol. The van der Waals surface area contributed by atoms with Gasteiger partial charge in [0.25, 0.3) is 0 Å². The van der Waals surface area contributed by atoms with Crippen LogP contribution in [0.5, 0.6) is 0 Å². The molecule has 0 spiro atoms. The van der Waals surface area contributed by atoms with Gasteiger partial charge in [-0.1, -0.05) is 58.9 Å². The minimum atomic E-state index is -1.26. The fraction of sp³-hybridized carbons (Fsp3) is 1.00. The summed E-state index contributed by atoms with van der Waals surface area (Å²) in [7, 11) is -2.91. The average molecular weight is 421 g/mol. The van der Waals surface area contributed by atoms with Crippen molar-refractivity contribution in [2.45, 2.75) is 97.6 Å². The lowest BCUT2D eigenvalue weighted by molar-refractivity contribution is 0.109. The highest BCUT2D eigenvalue weighted by Crippen LogP contribution is 2.21. The third-order valence-electron chi connectivity index (χ3n) is 5.17. The first-order valence-corrected chi connectivity index (χ1v) is 21.2. The molecule has 3 nitrogen and oxygen atoms in total. The molecule has 0 rings (SSSR count). The van der Waals surface area contributed by atoms with Gasteiger partial charge in [0.2, 0.25) is 0 Å². The van der Waals surface area contributed by atoms with Crippen molar-refractivity contribution in [3.63, 3.8) is 0 Å². The van der Waals surface area contributed by atoms with Crippen LogP contribution in [0.1, 0.15) is 33.1 Å². The molecular weight excluding hydrogens is 373 g/mol. The van der Waals surface area contributed by atoms with Crippen molar-refractivity contribution in [2.75, 3.05) is 19.6 Å². The molecule has 0 radical (unpaired) electrons. The maximum absolute atomic E-state index is 5.70.